The summed E-state index contributed by atoms with van der Waals surface area (Å²) in [4.78, 5) is 24.2. The molecule has 0 aliphatic heterocycles. The van der Waals surface area contributed by atoms with Crippen molar-refractivity contribution in [3.8, 4) is 11.5 Å². The summed E-state index contributed by atoms with van der Waals surface area (Å²) < 4.78 is 12.0. The van der Waals surface area contributed by atoms with E-state index in [-0.39, 0.29) is 24.7 Å². The number of benzene rings is 3. The standard InChI is InChI=1S/C30H33N3O4/c1-4-9-25-18-24(19-27(36-5-2)30(25)37-21-23-14-12-22(3)13-15-23)20-31-33-29(35)17-16-28(34)32-26-10-7-6-8-11-26/h4,6-8,10-15,18-20H,1,5,9,16-17,21H2,2-3H3,(H,32,34)(H,33,35). The predicted molar refractivity (Wildman–Crippen MR) is 147 cm³/mol. The minimum absolute atomic E-state index is 0.0215. The van der Waals surface area contributed by atoms with Crippen molar-refractivity contribution in [3.05, 3.63) is 102 Å². The van der Waals surface area contributed by atoms with Gasteiger partial charge in [-0.05, 0) is 55.7 Å². The van der Waals surface area contributed by atoms with Crippen molar-refractivity contribution >= 4 is 23.7 Å². The number of nitrogens with one attached hydrogen (secondary N) is 2. The Morgan fingerprint density at radius 1 is 0.973 bits per heavy atom. The number of hydrogen-bond acceptors (Lipinski definition) is 5. The van der Waals surface area contributed by atoms with Gasteiger partial charge in [0, 0.05) is 24.1 Å². The Bertz CT molecular complexity index is 1220. The van der Waals surface area contributed by atoms with Gasteiger partial charge in [0.25, 0.3) is 0 Å². The highest BCUT2D eigenvalue weighted by molar-refractivity contribution is 5.93. The first-order valence-corrected chi connectivity index (χ1v) is 12.2. The summed E-state index contributed by atoms with van der Waals surface area (Å²) in [6.45, 7) is 8.69. The number of carbonyl (C=O) groups excluding carboxylic acids is 2. The molecule has 0 aliphatic carbocycles. The van der Waals surface area contributed by atoms with Crippen molar-refractivity contribution in [2.45, 2.75) is 39.7 Å². The zero-order chi connectivity index (χ0) is 26.5. The summed E-state index contributed by atoms with van der Waals surface area (Å²) >= 11 is 0. The molecule has 192 valence electrons. The average Bonchev–Trinajstić information content (AvgIpc) is 2.89. The third-order valence-electron chi connectivity index (χ3n) is 5.36. The van der Waals surface area contributed by atoms with Crippen LogP contribution in [0.4, 0.5) is 5.69 Å². The highest BCUT2D eigenvalue weighted by Gasteiger charge is 2.14. The van der Waals surface area contributed by atoms with Gasteiger partial charge in [-0.3, -0.25) is 9.59 Å². The van der Waals surface area contributed by atoms with Gasteiger partial charge in [-0.2, -0.15) is 5.10 Å². The van der Waals surface area contributed by atoms with Crippen LogP contribution in [0.15, 0.2) is 84.5 Å². The van der Waals surface area contributed by atoms with E-state index >= 15 is 0 Å². The molecule has 2 N–H and O–H groups in total. The fourth-order valence-corrected chi connectivity index (χ4v) is 3.54. The number of allylic oxidation sites excluding steroid dienone is 1. The number of ether oxygens (including phenoxy) is 2. The molecule has 0 unspecified atom stereocenters. The van der Waals surface area contributed by atoms with E-state index in [0.29, 0.717) is 36.8 Å². The van der Waals surface area contributed by atoms with Gasteiger partial charge in [-0.1, -0.05) is 54.1 Å². The molecule has 0 fully saturated rings. The van der Waals surface area contributed by atoms with Crippen LogP contribution in [0.25, 0.3) is 0 Å². The molecule has 0 saturated heterocycles. The van der Waals surface area contributed by atoms with E-state index < -0.39 is 0 Å². The maximum absolute atomic E-state index is 12.2. The van der Waals surface area contributed by atoms with Gasteiger partial charge in [0.15, 0.2) is 11.5 Å². The number of anilines is 1. The Labute approximate surface area is 218 Å². The number of nitrogens with zero attached hydrogens (tertiary/aromatic N) is 1. The molecule has 0 aromatic heterocycles. The summed E-state index contributed by atoms with van der Waals surface area (Å²) in [7, 11) is 0. The van der Waals surface area contributed by atoms with Crippen LogP contribution in [0, 0.1) is 6.92 Å². The molecule has 2 amide bonds. The van der Waals surface area contributed by atoms with E-state index in [0.717, 1.165) is 16.7 Å². The van der Waals surface area contributed by atoms with Crippen LogP contribution in [-0.4, -0.2) is 24.6 Å². The van der Waals surface area contributed by atoms with Crippen molar-refractivity contribution in [2.75, 3.05) is 11.9 Å². The SMILES string of the molecule is C=CCc1cc(C=NNC(=O)CCC(=O)Nc2ccccc2)cc(OCC)c1OCc1ccc(C)cc1. The van der Waals surface area contributed by atoms with Crippen LogP contribution >= 0.6 is 0 Å². The topological polar surface area (TPSA) is 89.0 Å². The first-order chi connectivity index (χ1) is 18.0. The summed E-state index contributed by atoms with van der Waals surface area (Å²) in [5, 5.41) is 6.81. The van der Waals surface area contributed by atoms with E-state index in [4.69, 9.17) is 9.47 Å². The highest BCUT2D eigenvalue weighted by atomic mass is 16.5. The molecule has 0 bridgehead atoms. The molecule has 3 rings (SSSR count). The summed E-state index contributed by atoms with van der Waals surface area (Å²) in [5.74, 6) is 0.670. The van der Waals surface area contributed by atoms with E-state index in [9.17, 15) is 9.59 Å². The maximum Gasteiger partial charge on any atom is 0.240 e. The zero-order valence-electron chi connectivity index (χ0n) is 21.3. The Hall–Kier alpha value is -4.39. The molecule has 3 aromatic rings. The first kappa shape index (κ1) is 27.2. The van der Waals surface area contributed by atoms with E-state index in [1.54, 1.807) is 24.4 Å². The first-order valence-electron chi connectivity index (χ1n) is 12.2. The van der Waals surface area contributed by atoms with Gasteiger partial charge < -0.3 is 14.8 Å². The third-order valence-corrected chi connectivity index (χ3v) is 5.36. The molecular formula is C30H33N3O4. The van der Waals surface area contributed by atoms with Crippen LogP contribution in [0.2, 0.25) is 0 Å². The van der Waals surface area contributed by atoms with Gasteiger partial charge in [0.1, 0.15) is 6.61 Å². The summed E-state index contributed by atoms with van der Waals surface area (Å²) in [6, 6.07) is 21.0. The number of carbonyl (C=O) groups is 2. The fraction of sp³-hybridized carbons (Fsp3) is 0.233. The Morgan fingerprint density at radius 2 is 1.70 bits per heavy atom. The molecule has 37 heavy (non-hydrogen) atoms. The summed E-state index contributed by atoms with van der Waals surface area (Å²) in [6.07, 6.45) is 4.00. The molecule has 0 radical (unpaired) electrons. The molecule has 7 heteroatoms. The van der Waals surface area contributed by atoms with Crippen LogP contribution in [0.5, 0.6) is 11.5 Å². The Kier molecular flexibility index (Phi) is 10.5. The zero-order valence-corrected chi connectivity index (χ0v) is 21.3. The monoisotopic (exact) mass is 499 g/mol. The second-order valence-electron chi connectivity index (χ2n) is 8.41. The second-order valence-corrected chi connectivity index (χ2v) is 8.41. The lowest BCUT2D eigenvalue weighted by molar-refractivity contribution is -0.124. The van der Waals surface area contributed by atoms with Crippen molar-refractivity contribution in [1.82, 2.24) is 5.43 Å². The number of amides is 2. The quantitative estimate of drug-likeness (QED) is 0.183. The largest absolute Gasteiger partial charge is 0.490 e. The highest BCUT2D eigenvalue weighted by Crippen LogP contribution is 2.34. The van der Waals surface area contributed by atoms with Gasteiger partial charge in [0.2, 0.25) is 11.8 Å². The lowest BCUT2D eigenvalue weighted by Crippen LogP contribution is -2.20. The van der Waals surface area contributed by atoms with Crippen molar-refractivity contribution < 1.29 is 19.1 Å². The minimum atomic E-state index is -0.353. The maximum atomic E-state index is 12.2. The average molecular weight is 500 g/mol. The van der Waals surface area contributed by atoms with Gasteiger partial charge in [0.05, 0.1) is 12.8 Å². The molecule has 0 heterocycles. The Balaban J connectivity index is 1.62. The number of para-hydroxylation sites is 1. The molecular weight excluding hydrogens is 466 g/mol. The smallest absolute Gasteiger partial charge is 0.240 e. The van der Waals surface area contributed by atoms with Crippen LogP contribution in [-0.2, 0) is 22.6 Å². The summed E-state index contributed by atoms with van der Waals surface area (Å²) in [5.41, 5.74) is 7.06. The van der Waals surface area contributed by atoms with Crippen LogP contribution in [0.3, 0.4) is 0 Å². The van der Waals surface area contributed by atoms with E-state index in [1.165, 1.54) is 5.56 Å². The lowest BCUT2D eigenvalue weighted by atomic mass is 10.1. The molecule has 7 nitrogen and oxygen atoms in total. The van der Waals surface area contributed by atoms with Crippen molar-refractivity contribution in [3.63, 3.8) is 0 Å². The van der Waals surface area contributed by atoms with E-state index in [2.05, 4.69) is 34.6 Å². The van der Waals surface area contributed by atoms with E-state index in [1.807, 2.05) is 56.3 Å². The molecule has 0 spiro atoms. The second kappa shape index (κ2) is 14.2. The van der Waals surface area contributed by atoms with Gasteiger partial charge in [-0.15, -0.1) is 6.58 Å². The van der Waals surface area contributed by atoms with Crippen molar-refractivity contribution in [2.24, 2.45) is 5.10 Å². The predicted octanol–water partition coefficient (Wildman–Crippen LogP) is 5.57. The Morgan fingerprint density at radius 3 is 2.41 bits per heavy atom. The molecule has 3 aromatic carbocycles. The third kappa shape index (κ3) is 8.96. The molecule has 0 atom stereocenters. The number of hydrazone groups is 1. The van der Waals surface area contributed by atoms with Crippen LogP contribution < -0.4 is 20.2 Å². The number of rotatable bonds is 13. The van der Waals surface area contributed by atoms with Gasteiger partial charge in [-0.25, -0.2) is 5.43 Å². The number of aryl methyl sites for hydroxylation is 1. The molecule has 0 aliphatic rings. The van der Waals surface area contributed by atoms with Crippen molar-refractivity contribution in [1.29, 1.82) is 0 Å². The number of hydrogen-bond donors (Lipinski definition) is 2. The van der Waals surface area contributed by atoms with Gasteiger partial charge >= 0.3 is 0 Å². The minimum Gasteiger partial charge on any atom is -0.490 e. The van der Waals surface area contributed by atoms with Crippen LogP contribution in [0.1, 0.15) is 42.0 Å². The normalized spacial score (nSPS) is 10.6. The fourth-order valence-electron chi connectivity index (χ4n) is 3.54. The lowest BCUT2D eigenvalue weighted by Gasteiger charge is -2.17. The molecule has 0 saturated carbocycles.